The van der Waals surface area contributed by atoms with Crippen LogP contribution < -0.4 is 0 Å². The maximum absolute atomic E-state index is 10.5. The highest BCUT2D eigenvalue weighted by atomic mass is 35.5. The van der Waals surface area contributed by atoms with Crippen molar-refractivity contribution in [1.29, 1.82) is 5.26 Å². The van der Waals surface area contributed by atoms with E-state index < -0.39 is 5.43 Å². The summed E-state index contributed by atoms with van der Waals surface area (Å²) >= 11 is 5.01. The Bertz CT molecular complexity index is 669. The maximum atomic E-state index is 10.5. The lowest BCUT2D eigenvalue weighted by molar-refractivity contribution is 0.179. The standard InChI is InChI=1S/C13H7ClN2O2/c14-13(17)18-16-12(8-15)11-7-3-5-9-4-1-2-6-10(9)11/h1-7H. The highest BCUT2D eigenvalue weighted by Gasteiger charge is 2.08. The third-order valence-electron chi connectivity index (χ3n) is 2.36. The predicted molar refractivity (Wildman–Crippen MR) is 68.4 cm³/mol. The van der Waals surface area contributed by atoms with E-state index in [0.717, 1.165) is 10.8 Å². The van der Waals surface area contributed by atoms with Crippen LogP contribution in [0.25, 0.3) is 10.8 Å². The van der Waals surface area contributed by atoms with E-state index in [-0.39, 0.29) is 5.71 Å². The largest absolute Gasteiger partial charge is 0.429 e. The summed E-state index contributed by atoms with van der Waals surface area (Å²) in [5.41, 5.74) is -0.489. The summed E-state index contributed by atoms with van der Waals surface area (Å²) in [6.45, 7) is 0. The molecule has 2 rings (SSSR count). The molecule has 0 heterocycles. The molecule has 0 atom stereocenters. The van der Waals surface area contributed by atoms with Crippen molar-refractivity contribution in [1.82, 2.24) is 0 Å². The van der Waals surface area contributed by atoms with Gasteiger partial charge in [-0.05, 0) is 10.8 Å². The number of carbonyl (C=O) groups excluding carboxylic acids is 1. The average molecular weight is 259 g/mol. The fraction of sp³-hybridized carbons (Fsp3) is 0. The minimum absolute atomic E-state index is 0.000741. The Labute approximate surface area is 108 Å². The van der Waals surface area contributed by atoms with Crippen LogP contribution in [-0.4, -0.2) is 11.1 Å². The van der Waals surface area contributed by atoms with Crippen LogP contribution in [0.4, 0.5) is 4.79 Å². The van der Waals surface area contributed by atoms with Gasteiger partial charge in [-0.25, -0.2) is 4.79 Å². The monoisotopic (exact) mass is 258 g/mol. The second-order valence-corrected chi connectivity index (χ2v) is 3.72. The van der Waals surface area contributed by atoms with Gasteiger partial charge in [-0.15, -0.1) is 0 Å². The molecule has 88 valence electrons. The van der Waals surface area contributed by atoms with Gasteiger partial charge < -0.3 is 4.84 Å². The second-order valence-electron chi connectivity index (χ2n) is 3.41. The first-order valence-corrected chi connectivity index (χ1v) is 5.43. The molecule has 5 heteroatoms. The molecule has 0 bridgehead atoms. The highest BCUT2D eigenvalue weighted by Crippen LogP contribution is 2.19. The lowest BCUT2D eigenvalue weighted by atomic mass is 10.0. The minimum Gasteiger partial charge on any atom is -0.301 e. The van der Waals surface area contributed by atoms with Gasteiger partial charge in [-0.3, -0.25) is 0 Å². The Balaban J connectivity index is 2.56. The number of halogens is 1. The van der Waals surface area contributed by atoms with E-state index in [2.05, 4.69) is 9.99 Å². The van der Waals surface area contributed by atoms with Crippen molar-refractivity contribution < 1.29 is 9.63 Å². The van der Waals surface area contributed by atoms with Crippen LogP contribution in [0, 0.1) is 11.3 Å². The van der Waals surface area contributed by atoms with Gasteiger partial charge in [-0.2, -0.15) is 5.26 Å². The number of rotatable bonds is 2. The van der Waals surface area contributed by atoms with Gasteiger partial charge in [0.25, 0.3) is 0 Å². The van der Waals surface area contributed by atoms with Gasteiger partial charge in [0.1, 0.15) is 6.07 Å². The Hall–Kier alpha value is -2.38. The first-order valence-electron chi connectivity index (χ1n) is 5.05. The Morgan fingerprint density at radius 3 is 2.67 bits per heavy atom. The van der Waals surface area contributed by atoms with Crippen molar-refractivity contribution in [3.05, 3.63) is 48.0 Å². The molecule has 2 aromatic carbocycles. The molecule has 0 amide bonds. The molecule has 0 aliphatic rings. The van der Waals surface area contributed by atoms with Crippen LogP contribution in [0.5, 0.6) is 0 Å². The number of hydrogen-bond donors (Lipinski definition) is 0. The number of benzene rings is 2. The van der Waals surface area contributed by atoms with Crippen molar-refractivity contribution in [2.75, 3.05) is 0 Å². The molecule has 0 aliphatic carbocycles. The third-order valence-corrected chi connectivity index (χ3v) is 2.43. The van der Waals surface area contributed by atoms with E-state index in [1.165, 1.54) is 0 Å². The summed E-state index contributed by atoms with van der Waals surface area (Å²) < 4.78 is 0. The van der Waals surface area contributed by atoms with E-state index in [4.69, 9.17) is 16.9 Å². The molecular formula is C13H7ClN2O2. The van der Waals surface area contributed by atoms with Crippen molar-refractivity contribution in [2.45, 2.75) is 0 Å². The first-order chi connectivity index (χ1) is 8.72. The molecule has 0 aromatic heterocycles. The third kappa shape index (κ3) is 2.47. The number of hydrogen-bond acceptors (Lipinski definition) is 4. The summed E-state index contributed by atoms with van der Waals surface area (Å²) in [5.74, 6) is 0. The smallest absolute Gasteiger partial charge is 0.301 e. The van der Waals surface area contributed by atoms with Crippen molar-refractivity contribution >= 4 is 33.5 Å². The number of fused-ring (bicyclic) bond motifs is 1. The van der Waals surface area contributed by atoms with Crippen LogP contribution >= 0.6 is 11.6 Å². The molecule has 0 fully saturated rings. The molecular weight excluding hydrogens is 252 g/mol. The van der Waals surface area contributed by atoms with Crippen molar-refractivity contribution in [3.8, 4) is 6.07 Å². The zero-order valence-corrected chi connectivity index (χ0v) is 9.89. The number of nitriles is 1. The molecule has 4 nitrogen and oxygen atoms in total. The van der Waals surface area contributed by atoms with Gasteiger partial charge in [0, 0.05) is 17.2 Å². The molecule has 0 saturated carbocycles. The van der Waals surface area contributed by atoms with E-state index in [1.54, 1.807) is 12.1 Å². The predicted octanol–water partition coefficient (Wildman–Crippen LogP) is 3.44. The molecule has 0 aliphatic heterocycles. The van der Waals surface area contributed by atoms with E-state index in [1.807, 2.05) is 36.4 Å². The van der Waals surface area contributed by atoms with Crippen LogP contribution in [0.15, 0.2) is 47.6 Å². The Morgan fingerprint density at radius 2 is 1.94 bits per heavy atom. The SMILES string of the molecule is N#CC(=NOC(=O)Cl)c1cccc2ccccc12. The molecule has 0 unspecified atom stereocenters. The Kier molecular flexibility index (Phi) is 3.56. The van der Waals surface area contributed by atoms with Crippen LogP contribution in [0.1, 0.15) is 5.56 Å². The second kappa shape index (κ2) is 5.30. The zero-order valence-electron chi connectivity index (χ0n) is 9.13. The number of carbonyl (C=O) groups is 1. The molecule has 0 spiro atoms. The lowest BCUT2D eigenvalue weighted by Gasteiger charge is -2.03. The van der Waals surface area contributed by atoms with Gasteiger partial charge in [0.05, 0.1) is 0 Å². The fourth-order valence-corrected chi connectivity index (χ4v) is 1.68. The minimum atomic E-state index is -1.08. The van der Waals surface area contributed by atoms with E-state index in [9.17, 15) is 4.79 Å². The lowest BCUT2D eigenvalue weighted by Crippen LogP contribution is -2.00. The van der Waals surface area contributed by atoms with Gasteiger partial charge in [0.15, 0.2) is 5.71 Å². The van der Waals surface area contributed by atoms with Gasteiger partial charge in [0.2, 0.25) is 0 Å². The molecule has 0 radical (unpaired) electrons. The summed E-state index contributed by atoms with van der Waals surface area (Å²) in [6, 6.07) is 14.9. The normalized spacial score (nSPS) is 11.0. The van der Waals surface area contributed by atoms with Crippen molar-refractivity contribution in [2.24, 2.45) is 5.16 Å². The van der Waals surface area contributed by atoms with Crippen molar-refractivity contribution in [3.63, 3.8) is 0 Å². The molecule has 2 aromatic rings. The van der Waals surface area contributed by atoms with E-state index >= 15 is 0 Å². The van der Waals surface area contributed by atoms with Crippen LogP contribution in [0.2, 0.25) is 0 Å². The summed E-state index contributed by atoms with van der Waals surface area (Å²) in [6.07, 6.45) is 0. The van der Waals surface area contributed by atoms with Crippen LogP contribution in [0.3, 0.4) is 0 Å². The van der Waals surface area contributed by atoms with Crippen LogP contribution in [-0.2, 0) is 4.84 Å². The van der Waals surface area contributed by atoms with Gasteiger partial charge >= 0.3 is 5.43 Å². The maximum Gasteiger partial charge on any atom is 0.429 e. The zero-order chi connectivity index (χ0) is 13.0. The number of oxime groups is 1. The van der Waals surface area contributed by atoms with Gasteiger partial charge in [-0.1, -0.05) is 47.6 Å². The Morgan fingerprint density at radius 1 is 1.22 bits per heavy atom. The summed E-state index contributed by atoms with van der Waals surface area (Å²) in [7, 11) is 0. The topological polar surface area (TPSA) is 62.4 Å². The average Bonchev–Trinajstić information content (AvgIpc) is 2.39. The quantitative estimate of drug-likeness (QED) is 0.359. The first kappa shape index (κ1) is 12.1. The highest BCUT2D eigenvalue weighted by molar-refractivity contribution is 6.61. The van der Waals surface area contributed by atoms with E-state index in [0.29, 0.717) is 5.56 Å². The number of nitrogens with zero attached hydrogens (tertiary/aromatic N) is 2. The molecule has 0 saturated heterocycles. The molecule has 0 N–H and O–H groups in total. The summed E-state index contributed by atoms with van der Waals surface area (Å²) in [4.78, 5) is 14.8. The molecule has 18 heavy (non-hydrogen) atoms. The summed E-state index contributed by atoms with van der Waals surface area (Å²) in [5, 5.41) is 14.3. The fourth-order valence-electron chi connectivity index (χ4n) is 1.64.